The van der Waals surface area contributed by atoms with Crippen LogP contribution in [0.3, 0.4) is 0 Å². The van der Waals surface area contributed by atoms with Gasteiger partial charge < -0.3 is 15.2 Å². The van der Waals surface area contributed by atoms with Gasteiger partial charge in [0.1, 0.15) is 0 Å². The molecule has 1 aromatic rings. The van der Waals surface area contributed by atoms with Crippen LogP contribution in [0.2, 0.25) is 0 Å². The molecular formula is C12H15N3O2S. The van der Waals surface area contributed by atoms with Gasteiger partial charge in [-0.3, -0.25) is 5.43 Å². The molecule has 6 heteroatoms. The number of rotatable bonds is 3. The highest BCUT2D eigenvalue weighted by atomic mass is 32.1. The van der Waals surface area contributed by atoms with Crippen molar-refractivity contribution in [2.45, 2.75) is 12.7 Å². The fourth-order valence-corrected chi connectivity index (χ4v) is 1.73. The highest BCUT2D eigenvalue weighted by molar-refractivity contribution is 7.80. The van der Waals surface area contributed by atoms with Crippen LogP contribution < -0.4 is 11.2 Å². The molecule has 18 heavy (non-hydrogen) atoms. The minimum Gasteiger partial charge on any atom is -0.375 e. The second-order valence-corrected chi connectivity index (χ2v) is 4.23. The van der Waals surface area contributed by atoms with Crippen molar-refractivity contribution in [2.75, 3.05) is 13.2 Å². The molecule has 0 saturated carbocycles. The van der Waals surface area contributed by atoms with Crippen molar-refractivity contribution in [1.82, 2.24) is 5.43 Å². The third kappa shape index (κ3) is 3.49. The van der Waals surface area contributed by atoms with Gasteiger partial charge in [-0.2, -0.15) is 5.10 Å². The fraction of sp³-hybridized carbons (Fsp3) is 0.333. The van der Waals surface area contributed by atoms with E-state index in [0.717, 1.165) is 17.5 Å². The first-order valence-electron chi connectivity index (χ1n) is 5.68. The lowest BCUT2D eigenvalue weighted by atomic mass is 10.1. The van der Waals surface area contributed by atoms with Crippen molar-refractivity contribution < 1.29 is 9.47 Å². The Hall–Kier alpha value is -1.50. The molecule has 1 heterocycles. The van der Waals surface area contributed by atoms with Gasteiger partial charge in [-0.15, -0.1) is 0 Å². The molecule has 2 rings (SSSR count). The molecule has 0 radical (unpaired) electrons. The third-order valence-corrected chi connectivity index (χ3v) is 2.55. The Kier molecular flexibility index (Phi) is 4.63. The van der Waals surface area contributed by atoms with E-state index in [-0.39, 0.29) is 11.4 Å². The van der Waals surface area contributed by atoms with Gasteiger partial charge in [0.15, 0.2) is 11.4 Å². The maximum absolute atomic E-state index is 5.58. The molecule has 1 fully saturated rings. The zero-order valence-corrected chi connectivity index (χ0v) is 10.7. The van der Waals surface area contributed by atoms with Crippen LogP contribution in [0.15, 0.2) is 29.4 Å². The lowest BCUT2D eigenvalue weighted by Gasteiger charge is -2.24. The van der Waals surface area contributed by atoms with Crippen molar-refractivity contribution in [3.8, 4) is 0 Å². The average Bonchev–Trinajstić information content (AvgIpc) is 2.40. The van der Waals surface area contributed by atoms with Gasteiger partial charge in [0.25, 0.3) is 0 Å². The molecule has 1 aromatic carbocycles. The third-order valence-electron chi connectivity index (χ3n) is 2.46. The number of hydrazone groups is 1. The van der Waals surface area contributed by atoms with E-state index in [1.807, 2.05) is 24.3 Å². The summed E-state index contributed by atoms with van der Waals surface area (Å²) < 4.78 is 11.2. The van der Waals surface area contributed by atoms with E-state index in [9.17, 15) is 0 Å². The molecule has 0 aliphatic carbocycles. The normalized spacial score (nSPS) is 16.9. The van der Waals surface area contributed by atoms with Crippen molar-refractivity contribution in [1.29, 1.82) is 0 Å². The Bertz CT molecular complexity index is 445. The fourth-order valence-electron chi connectivity index (χ4n) is 1.68. The number of thiocarbonyl (C=S) groups is 1. The Morgan fingerprint density at radius 1 is 1.39 bits per heavy atom. The number of hydrogen-bond acceptors (Lipinski definition) is 4. The quantitative estimate of drug-likeness (QED) is 0.489. The maximum atomic E-state index is 5.58. The van der Waals surface area contributed by atoms with E-state index in [4.69, 9.17) is 15.2 Å². The zero-order valence-electron chi connectivity index (χ0n) is 9.83. The smallest absolute Gasteiger partial charge is 0.184 e. The van der Waals surface area contributed by atoms with Crippen LogP contribution in [0.5, 0.6) is 0 Å². The van der Waals surface area contributed by atoms with Crippen molar-refractivity contribution >= 4 is 23.5 Å². The van der Waals surface area contributed by atoms with Crippen molar-refractivity contribution in [3.63, 3.8) is 0 Å². The van der Waals surface area contributed by atoms with Crippen LogP contribution in [-0.2, 0) is 9.47 Å². The van der Waals surface area contributed by atoms with Crippen LogP contribution in [0.25, 0.3) is 0 Å². The summed E-state index contributed by atoms with van der Waals surface area (Å²) in [7, 11) is 0. The topological polar surface area (TPSA) is 68.9 Å². The van der Waals surface area contributed by atoms with E-state index in [2.05, 4.69) is 22.7 Å². The van der Waals surface area contributed by atoms with E-state index < -0.39 is 0 Å². The molecule has 0 unspecified atom stereocenters. The molecule has 1 saturated heterocycles. The van der Waals surface area contributed by atoms with E-state index in [1.165, 1.54) is 0 Å². The van der Waals surface area contributed by atoms with E-state index >= 15 is 0 Å². The Labute approximate surface area is 111 Å². The molecule has 0 amide bonds. The molecule has 5 nitrogen and oxygen atoms in total. The number of nitrogens with two attached hydrogens (primary N) is 1. The largest absolute Gasteiger partial charge is 0.375 e. The van der Waals surface area contributed by atoms with Crippen LogP contribution >= 0.6 is 12.2 Å². The minimum absolute atomic E-state index is 0.133. The molecule has 96 valence electrons. The zero-order chi connectivity index (χ0) is 12.8. The van der Waals surface area contributed by atoms with Crippen LogP contribution in [0, 0.1) is 0 Å². The van der Waals surface area contributed by atoms with E-state index in [1.54, 1.807) is 6.21 Å². The highest BCUT2D eigenvalue weighted by Crippen LogP contribution is 2.24. The van der Waals surface area contributed by atoms with Gasteiger partial charge >= 0.3 is 0 Å². The van der Waals surface area contributed by atoms with Gasteiger partial charge in [-0.25, -0.2) is 0 Å². The first-order chi connectivity index (χ1) is 8.77. The standard InChI is InChI=1S/C12H15N3O2S/c13-12(18)15-14-8-9-4-1-2-5-10(9)11-16-6-3-7-17-11/h1-2,4-5,8,11H,3,6-7H2,(H3,13,15,18). The van der Waals surface area contributed by atoms with Gasteiger partial charge in [0.05, 0.1) is 19.4 Å². The average molecular weight is 265 g/mol. The van der Waals surface area contributed by atoms with Gasteiger partial charge in [-0.1, -0.05) is 24.3 Å². The summed E-state index contributed by atoms with van der Waals surface area (Å²) in [4.78, 5) is 0. The SMILES string of the molecule is NC(=S)NN=Cc1ccccc1C1OCCCO1. The molecule has 1 aliphatic rings. The minimum atomic E-state index is -0.328. The number of nitrogens with zero attached hydrogens (tertiary/aromatic N) is 1. The Balaban J connectivity index is 2.14. The number of ether oxygens (including phenoxy) is 2. The van der Waals surface area contributed by atoms with Crippen LogP contribution in [0.4, 0.5) is 0 Å². The second-order valence-electron chi connectivity index (χ2n) is 3.79. The molecule has 0 atom stereocenters. The molecular weight excluding hydrogens is 250 g/mol. The van der Waals surface area contributed by atoms with Gasteiger partial charge in [0.2, 0.25) is 0 Å². The molecule has 1 aliphatic heterocycles. The molecule has 0 aromatic heterocycles. The summed E-state index contributed by atoms with van der Waals surface area (Å²) in [5.41, 5.74) is 9.68. The first kappa shape index (κ1) is 12.9. The summed E-state index contributed by atoms with van der Waals surface area (Å²) in [6.07, 6.45) is 2.25. The summed E-state index contributed by atoms with van der Waals surface area (Å²) in [5, 5.41) is 4.08. The van der Waals surface area contributed by atoms with Crippen molar-refractivity contribution in [2.24, 2.45) is 10.8 Å². The Morgan fingerprint density at radius 3 is 2.83 bits per heavy atom. The monoisotopic (exact) mass is 265 g/mol. The predicted molar refractivity (Wildman–Crippen MR) is 73.2 cm³/mol. The van der Waals surface area contributed by atoms with Crippen LogP contribution in [0.1, 0.15) is 23.8 Å². The number of hydrogen-bond donors (Lipinski definition) is 2. The maximum Gasteiger partial charge on any atom is 0.184 e. The predicted octanol–water partition coefficient (Wildman–Crippen LogP) is 1.29. The molecule has 0 spiro atoms. The first-order valence-corrected chi connectivity index (χ1v) is 6.09. The van der Waals surface area contributed by atoms with Crippen LogP contribution in [-0.4, -0.2) is 24.5 Å². The molecule has 3 N–H and O–H groups in total. The summed E-state index contributed by atoms with van der Waals surface area (Å²) >= 11 is 4.67. The lowest BCUT2D eigenvalue weighted by Crippen LogP contribution is -2.24. The van der Waals surface area contributed by atoms with Gasteiger partial charge in [-0.05, 0) is 18.6 Å². The van der Waals surface area contributed by atoms with Crippen molar-refractivity contribution in [3.05, 3.63) is 35.4 Å². The summed E-state index contributed by atoms with van der Waals surface area (Å²) in [6, 6.07) is 7.75. The summed E-state index contributed by atoms with van der Waals surface area (Å²) in [5.74, 6) is 0. The number of benzene rings is 1. The van der Waals surface area contributed by atoms with Gasteiger partial charge in [0, 0.05) is 11.1 Å². The lowest BCUT2D eigenvalue weighted by molar-refractivity contribution is -0.183. The highest BCUT2D eigenvalue weighted by Gasteiger charge is 2.18. The number of nitrogens with one attached hydrogen (secondary N) is 1. The second kappa shape index (κ2) is 6.44. The molecule has 0 bridgehead atoms. The summed E-state index contributed by atoms with van der Waals surface area (Å²) in [6.45, 7) is 1.42. The Morgan fingerprint density at radius 2 is 2.11 bits per heavy atom. The van der Waals surface area contributed by atoms with E-state index in [0.29, 0.717) is 13.2 Å².